The molecular formula is C22H31IN6O2S. The fourth-order valence-electron chi connectivity index (χ4n) is 3.05. The van der Waals surface area contributed by atoms with Crippen molar-refractivity contribution in [3.8, 4) is 17.1 Å². The van der Waals surface area contributed by atoms with Crippen LogP contribution >= 0.6 is 35.3 Å². The predicted molar refractivity (Wildman–Crippen MR) is 139 cm³/mol. The Labute approximate surface area is 210 Å². The van der Waals surface area contributed by atoms with E-state index in [1.165, 1.54) is 0 Å². The molecule has 0 amide bonds. The van der Waals surface area contributed by atoms with Gasteiger partial charge in [-0.05, 0) is 44.0 Å². The number of unbranched alkanes of at least 4 members (excludes halogenated alkanes) is 2. The zero-order valence-corrected chi connectivity index (χ0v) is 21.9. The molecule has 0 radical (unpaired) electrons. The number of thiazole rings is 1. The number of guanidine groups is 1. The summed E-state index contributed by atoms with van der Waals surface area (Å²) in [4.78, 5) is 13.2. The quantitative estimate of drug-likeness (QED) is 0.154. The second kappa shape index (κ2) is 14.0. The summed E-state index contributed by atoms with van der Waals surface area (Å²) >= 11 is 1.69. The number of halogens is 1. The molecule has 0 aliphatic rings. The molecule has 1 aromatic carbocycles. The molecule has 0 unspecified atom stereocenters. The third-order valence-electron chi connectivity index (χ3n) is 4.74. The summed E-state index contributed by atoms with van der Waals surface area (Å²) in [5.74, 6) is 2.92. The van der Waals surface area contributed by atoms with Gasteiger partial charge < -0.3 is 19.9 Å². The third-order valence-corrected chi connectivity index (χ3v) is 5.56. The molecule has 3 rings (SSSR count). The fourth-order valence-corrected chi connectivity index (χ4v) is 3.70. The summed E-state index contributed by atoms with van der Waals surface area (Å²) in [6.45, 7) is 3.72. The molecule has 0 saturated heterocycles. The minimum absolute atomic E-state index is 0. The molecule has 8 nitrogen and oxygen atoms in total. The van der Waals surface area contributed by atoms with Crippen LogP contribution in [0.15, 0.2) is 39.2 Å². The van der Waals surface area contributed by atoms with Crippen LogP contribution in [0.5, 0.6) is 5.75 Å². The lowest BCUT2D eigenvalue weighted by Gasteiger charge is -2.11. The van der Waals surface area contributed by atoms with Crippen molar-refractivity contribution in [1.29, 1.82) is 0 Å². The average Bonchev–Trinajstić information content (AvgIpc) is 3.44. The minimum Gasteiger partial charge on any atom is -0.497 e. The Bertz CT molecular complexity index is 957. The van der Waals surface area contributed by atoms with Gasteiger partial charge >= 0.3 is 0 Å². The van der Waals surface area contributed by atoms with Crippen LogP contribution in [0.3, 0.4) is 0 Å². The number of nitrogens with zero attached hydrogens (tertiary/aromatic N) is 4. The summed E-state index contributed by atoms with van der Waals surface area (Å²) in [6, 6.07) is 7.64. The van der Waals surface area contributed by atoms with Crippen LogP contribution in [0, 0.1) is 6.92 Å². The molecule has 2 heterocycles. The van der Waals surface area contributed by atoms with Gasteiger partial charge in [0.1, 0.15) is 5.75 Å². The molecule has 32 heavy (non-hydrogen) atoms. The zero-order chi connectivity index (χ0) is 21.9. The van der Waals surface area contributed by atoms with Gasteiger partial charge in [-0.1, -0.05) is 11.6 Å². The number of methoxy groups -OCH3 is 1. The average molecular weight is 571 g/mol. The smallest absolute Gasteiger partial charge is 0.226 e. The van der Waals surface area contributed by atoms with Crippen molar-refractivity contribution >= 4 is 41.3 Å². The van der Waals surface area contributed by atoms with Crippen molar-refractivity contribution in [2.75, 3.05) is 27.2 Å². The van der Waals surface area contributed by atoms with E-state index in [2.05, 4.69) is 36.1 Å². The molecule has 3 aromatic rings. The van der Waals surface area contributed by atoms with Gasteiger partial charge in [-0.2, -0.15) is 4.98 Å². The zero-order valence-electron chi connectivity index (χ0n) is 18.8. The predicted octanol–water partition coefficient (Wildman–Crippen LogP) is 4.25. The van der Waals surface area contributed by atoms with E-state index < -0.39 is 0 Å². The van der Waals surface area contributed by atoms with Crippen LogP contribution in [0.25, 0.3) is 11.4 Å². The van der Waals surface area contributed by atoms with Gasteiger partial charge in [-0.3, -0.25) is 4.99 Å². The lowest BCUT2D eigenvalue weighted by molar-refractivity contribution is 0.374. The normalized spacial score (nSPS) is 11.2. The highest BCUT2D eigenvalue weighted by Gasteiger charge is 2.08. The van der Waals surface area contributed by atoms with E-state index in [9.17, 15) is 0 Å². The number of nitrogens with one attached hydrogen (secondary N) is 2. The fraction of sp³-hybridized carbons (Fsp3) is 0.455. The van der Waals surface area contributed by atoms with Crippen molar-refractivity contribution in [3.05, 3.63) is 46.2 Å². The summed E-state index contributed by atoms with van der Waals surface area (Å²) in [6.07, 6.45) is 4.80. The first kappa shape index (κ1) is 26.0. The number of aryl methyl sites for hydroxylation is 2. The molecule has 2 N–H and O–H groups in total. The van der Waals surface area contributed by atoms with Crippen LogP contribution in [-0.4, -0.2) is 48.3 Å². The van der Waals surface area contributed by atoms with Gasteiger partial charge in [0, 0.05) is 43.9 Å². The second-order valence-electron chi connectivity index (χ2n) is 7.08. The Balaban J connectivity index is 0.00000363. The van der Waals surface area contributed by atoms with E-state index in [1.54, 1.807) is 25.5 Å². The molecular weight excluding hydrogens is 539 g/mol. The number of benzene rings is 1. The number of hydrogen-bond acceptors (Lipinski definition) is 7. The molecule has 0 atom stereocenters. The van der Waals surface area contributed by atoms with Gasteiger partial charge in [0.2, 0.25) is 11.7 Å². The largest absolute Gasteiger partial charge is 0.497 e. The van der Waals surface area contributed by atoms with E-state index in [4.69, 9.17) is 9.26 Å². The first-order chi connectivity index (χ1) is 15.2. The summed E-state index contributed by atoms with van der Waals surface area (Å²) in [5.41, 5.74) is 2.05. The maximum Gasteiger partial charge on any atom is 0.226 e. The van der Waals surface area contributed by atoms with Gasteiger partial charge in [-0.15, -0.1) is 35.3 Å². The van der Waals surface area contributed by atoms with Crippen molar-refractivity contribution < 1.29 is 9.26 Å². The topological polar surface area (TPSA) is 97.5 Å². The Morgan fingerprint density at radius 2 is 1.84 bits per heavy atom. The van der Waals surface area contributed by atoms with Gasteiger partial charge in [-0.25, -0.2) is 4.98 Å². The molecule has 10 heteroatoms. The molecule has 0 spiro atoms. The van der Waals surface area contributed by atoms with Crippen molar-refractivity contribution in [1.82, 2.24) is 25.8 Å². The van der Waals surface area contributed by atoms with E-state index in [-0.39, 0.29) is 24.0 Å². The Kier molecular flexibility index (Phi) is 11.4. The Hall–Kier alpha value is -2.21. The van der Waals surface area contributed by atoms with Gasteiger partial charge in [0.25, 0.3) is 0 Å². The number of aliphatic imine (C=N–C) groups is 1. The third kappa shape index (κ3) is 8.38. The molecule has 174 valence electrons. The van der Waals surface area contributed by atoms with Crippen LogP contribution < -0.4 is 15.4 Å². The lowest BCUT2D eigenvalue weighted by Crippen LogP contribution is -2.38. The number of aromatic nitrogens is 3. The van der Waals surface area contributed by atoms with Crippen LogP contribution in [0.1, 0.15) is 35.9 Å². The second-order valence-corrected chi connectivity index (χ2v) is 8.15. The molecule has 2 aromatic heterocycles. The Morgan fingerprint density at radius 1 is 1.06 bits per heavy atom. The van der Waals surface area contributed by atoms with Crippen molar-refractivity contribution in [2.45, 2.75) is 39.0 Å². The summed E-state index contributed by atoms with van der Waals surface area (Å²) in [5, 5.41) is 14.0. The van der Waals surface area contributed by atoms with Crippen molar-refractivity contribution in [2.24, 2.45) is 4.99 Å². The monoisotopic (exact) mass is 570 g/mol. The first-order valence-corrected chi connectivity index (χ1v) is 11.4. The highest BCUT2D eigenvalue weighted by atomic mass is 127. The lowest BCUT2D eigenvalue weighted by atomic mass is 10.2. The van der Waals surface area contributed by atoms with Crippen LogP contribution in [0.2, 0.25) is 0 Å². The van der Waals surface area contributed by atoms with Crippen molar-refractivity contribution in [3.63, 3.8) is 0 Å². The molecule has 0 aliphatic carbocycles. The maximum atomic E-state index is 5.38. The summed E-state index contributed by atoms with van der Waals surface area (Å²) < 4.78 is 10.6. The number of rotatable bonds is 11. The van der Waals surface area contributed by atoms with E-state index in [1.807, 2.05) is 31.2 Å². The highest BCUT2D eigenvalue weighted by Crippen LogP contribution is 2.20. The van der Waals surface area contributed by atoms with Crippen LogP contribution in [0.4, 0.5) is 0 Å². The Morgan fingerprint density at radius 3 is 2.53 bits per heavy atom. The van der Waals surface area contributed by atoms with E-state index in [0.29, 0.717) is 11.7 Å². The molecule has 0 aliphatic heterocycles. The molecule has 0 bridgehead atoms. The maximum absolute atomic E-state index is 5.38. The van der Waals surface area contributed by atoms with Gasteiger partial charge in [0.15, 0.2) is 5.96 Å². The van der Waals surface area contributed by atoms with Crippen LogP contribution in [-0.2, 0) is 12.8 Å². The SMILES string of the molecule is CN=C(NCCCCCc1nc(-c2ccc(OC)cc2)no1)NCCc1csc(C)n1.I. The molecule has 0 fully saturated rings. The number of ether oxygens (including phenoxy) is 1. The highest BCUT2D eigenvalue weighted by molar-refractivity contribution is 14.0. The van der Waals surface area contributed by atoms with E-state index in [0.717, 1.165) is 73.2 Å². The first-order valence-electron chi connectivity index (χ1n) is 10.5. The van der Waals surface area contributed by atoms with Gasteiger partial charge in [0.05, 0.1) is 17.8 Å². The van der Waals surface area contributed by atoms with E-state index >= 15 is 0 Å². The molecule has 0 saturated carbocycles. The number of hydrogen-bond donors (Lipinski definition) is 2. The summed E-state index contributed by atoms with van der Waals surface area (Å²) in [7, 11) is 3.44. The minimum atomic E-state index is 0. The standard InChI is InChI=1S/C22H30N6O2S.HI/c1-16-26-18(15-31-16)12-14-25-22(23-2)24-13-6-4-5-7-20-27-21(28-30-20)17-8-10-19(29-3)11-9-17;/h8-11,15H,4-7,12-14H2,1-3H3,(H2,23,24,25);1H.